The summed E-state index contributed by atoms with van der Waals surface area (Å²) in [6, 6.07) is 11.1. The quantitative estimate of drug-likeness (QED) is 0.814. The Kier molecular flexibility index (Phi) is 5.66. The van der Waals surface area contributed by atoms with Crippen LogP contribution in [0, 0.1) is 0 Å². The summed E-state index contributed by atoms with van der Waals surface area (Å²) in [6.45, 7) is 7.55. The molecule has 0 aliphatic carbocycles. The van der Waals surface area contributed by atoms with Crippen molar-refractivity contribution in [1.29, 1.82) is 0 Å². The van der Waals surface area contributed by atoms with Gasteiger partial charge in [0.2, 0.25) is 0 Å². The fourth-order valence-corrected chi connectivity index (χ4v) is 3.32. The predicted octanol–water partition coefficient (Wildman–Crippen LogP) is 1.84. The molecule has 2 heterocycles. The molecule has 5 nitrogen and oxygen atoms in total. The summed E-state index contributed by atoms with van der Waals surface area (Å²) in [7, 11) is 0. The minimum absolute atomic E-state index is 0.252. The minimum Gasteiger partial charge on any atom is -0.390 e. The number of nitrogens with one attached hydrogen (secondary N) is 1. The van der Waals surface area contributed by atoms with E-state index in [1.807, 2.05) is 16.9 Å². The summed E-state index contributed by atoms with van der Waals surface area (Å²) >= 11 is 0. The van der Waals surface area contributed by atoms with Gasteiger partial charge in [0.1, 0.15) is 0 Å². The molecular formula is C19H28N4O. The number of nitrogens with zero attached hydrogens (tertiary/aromatic N) is 3. The Balaban J connectivity index is 1.44. The van der Waals surface area contributed by atoms with Crippen molar-refractivity contribution in [3.8, 4) is 0 Å². The maximum absolute atomic E-state index is 10.4. The van der Waals surface area contributed by atoms with Crippen LogP contribution in [0.5, 0.6) is 0 Å². The summed E-state index contributed by atoms with van der Waals surface area (Å²) in [5, 5.41) is 18.1. The van der Waals surface area contributed by atoms with Gasteiger partial charge in [-0.2, -0.15) is 5.10 Å². The van der Waals surface area contributed by atoms with E-state index in [1.165, 1.54) is 11.1 Å². The van der Waals surface area contributed by atoms with Crippen molar-refractivity contribution >= 4 is 0 Å². The van der Waals surface area contributed by atoms with E-state index >= 15 is 0 Å². The fourth-order valence-electron chi connectivity index (χ4n) is 3.32. The van der Waals surface area contributed by atoms with Crippen LogP contribution in [0.15, 0.2) is 42.7 Å². The topological polar surface area (TPSA) is 53.3 Å². The number of rotatable bonds is 7. The van der Waals surface area contributed by atoms with Crippen LogP contribution in [0.2, 0.25) is 0 Å². The Labute approximate surface area is 144 Å². The van der Waals surface area contributed by atoms with Crippen LogP contribution in [0.25, 0.3) is 0 Å². The normalized spacial score (nSPS) is 18.8. The summed E-state index contributed by atoms with van der Waals surface area (Å²) in [5.74, 6) is 0. The van der Waals surface area contributed by atoms with E-state index in [1.54, 1.807) is 6.20 Å². The number of hydrogen-bond donors (Lipinski definition) is 2. The second kappa shape index (κ2) is 7.92. The van der Waals surface area contributed by atoms with Crippen molar-refractivity contribution in [3.63, 3.8) is 0 Å². The van der Waals surface area contributed by atoms with Crippen molar-refractivity contribution in [2.45, 2.75) is 45.0 Å². The predicted molar refractivity (Wildman–Crippen MR) is 95.8 cm³/mol. The molecule has 0 radical (unpaired) electrons. The highest BCUT2D eigenvalue weighted by molar-refractivity contribution is 5.29. The molecule has 1 aliphatic rings. The standard InChI is InChI=1S/C19H28N4O/c1-15(16(2)23-10-5-9-21-23)20-12-19(24)14-22-11-8-17-6-3-4-7-18(17)13-22/h3-7,9-10,15-16,19-20,24H,8,11-14H2,1-2H3. The molecule has 3 atom stereocenters. The van der Waals surface area contributed by atoms with Gasteiger partial charge in [-0.05, 0) is 37.5 Å². The maximum Gasteiger partial charge on any atom is 0.0791 e. The monoisotopic (exact) mass is 328 g/mol. The van der Waals surface area contributed by atoms with Crippen LogP contribution < -0.4 is 5.32 Å². The van der Waals surface area contributed by atoms with E-state index in [2.05, 4.69) is 53.4 Å². The largest absolute Gasteiger partial charge is 0.390 e. The summed E-state index contributed by atoms with van der Waals surface area (Å²) in [5.41, 5.74) is 2.84. The van der Waals surface area contributed by atoms with Crippen LogP contribution in [-0.2, 0) is 13.0 Å². The maximum atomic E-state index is 10.4. The Hall–Kier alpha value is -1.69. The fraction of sp³-hybridized carbons (Fsp3) is 0.526. The smallest absolute Gasteiger partial charge is 0.0791 e. The van der Waals surface area contributed by atoms with Crippen molar-refractivity contribution in [1.82, 2.24) is 20.0 Å². The summed E-state index contributed by atoms with van der Waals surface area (Å²) in [6.07, 6.45) is 4.49. The average Bonchev–Trinajstić information content (AvgIpc) is 3.13. The first-order chi connectivity index (χ1) is 11.6. The molecular weight excluding hydrogens is 300 g/mol. The highest BCUT2D eigenvalue weighted by atomic mass is 16.3. The SMILES string of the molecule is CC(NCC(O)CN1CCc2ccccc2C1)C(C)n1cccn1. The van der Waals surface area contributed by atoms with Gasteiger partial charge < -0.3 is 10.4 Å². The highest BCUT2D eigenvalue weighted by Crippen LogP contribution is 2.18. The highest BCUT2D eigenvalue weighted by Gasteiger charge is 2.20. The molecule has 0 saturated heterocycles. The van der Waals surface area contributed by atoms with E-state index in [9.17, 15) is 5.11 Å². The van der Waals surface area contributed by atoms with Crippen LogP contribution in [0.1, 0.15) is 31.0 Å². The van der Waals surface area contributed by atoms with Gasteiger partial charge in [-0.15, -0.1) is 0 Å². The van der Waals surface area contributed by atoms with E-state index < -0.39 is 0 Å². The third kappa shape index (κ3) is 4.23. The van der Waals surface area contributed by atoms with Crippen LogP contribution >= 0.6 is 0 Å². The molecule has 130 valence electrons. The first-order valence-corrected chi connectivity index (χ1v) is 8.83. The van der Waals surface area contributed by atoms with E-state index in [4.69, 9.17) is 0 Å². The molecule has 3 rings (SSSR count). The lowest BCUT2D eigenvalue weighted by molar-refractivity contribution is 0.100. The molecule has 0 amide bonds. The molecule has 24 heavy (non-hydrogen) atoms. The van der Waals surface area contributed by atoms with Crippen LogP contribution in [-0.4, -0.2) is 51.6 Å². The van der Waals surface area contributed by atoms with E-state index in [0.717, 1.165) is 19.5 Å². The first kappa shape index (κ1) is 17.1. The van der Waals surface area contributed by atoms with Gasteiger partial charge in [0, 0.05) is 44.6 Å². The Bertz CT molecular complexity index is 628. The third-order valence-electron chi connectivity index (χ3n) is 5.02. The molecule has 0 bridgehead atoms. The number of aromatic nitrogens is 2. The number of fused-ring (bicyclic) bond motifs is 1. The molecule has 0 saturated carbocycles. The molecule has 1 aromatic carbocycles. The number of benzene rings is 1. The molecule has 2 aromatic rings. The lowest BCUT2D eigenvalue weighted by Crippen LogP contribution is -2.44. The van der Waals surface area contributed by atoms with Crippen molar-refractivity contribution in [2.75, 3.05) is 19.6 Å². The number of aliphatic hydroxyl groups excluding tert-OH is 1. The van der Waals surface area contributed by atoms with Gasteiger partial charge >= 0.3 is 0 Å². The molecule has 1 aliphatic heterocycles. The zero-order valence-electron chi connectivity index (χ0n) is 14.6. The van der Waals surface area contributed by atoms with Gasteiger partial charge in [0.05, 0.1) is 12.1 Å². The molecule has 0 spiro atoms. The molecule has 5 heteroatoms. The van der Waals surface area contributed by atoms with Gasteiger partial charge in [-0.25, -0.2) is 0 Å². The average molecular weight is 328 g/mol. The number of hydrogen-bond acceptors (Lipinski definition) is 4. The number of β-amino-alcohol motifs (C(OH)–C–C–N with tert-alkyl or cyclic N) is 1. The van der Waals surface area contributed by atoms with E-state index in [-0.39, 0.29) is 18.2 Å². The number of aliphatic hydroxyl groups is 1. The first-order valence-electron chi connectivity index (χ1n) is 8.83. The van der Waals surface area contributed by atoms with Gasteiger partial charge in [-0.3, -0.25) is 9.58 Å². The van der Waals surface area contributed by atoms with Crippen molar-refractivity contribution in [2.24, 2.45) is 0 Å². The van der Waals surface area contributed by atoms with Gasteiger partial charge in [0.15, 0.2) is 0 Å². The van der Waals surface area contributed by atoms with Crippen molar-refractivity contribution < 1.29 is 5.11 Å². The van der Waals surface area contributed by atoms with Gasteiger partial charge in [0.25, 0.3) is 0 Å². The molecule has 1 aromatic heterocycles. The molecule has 3 unspecified atom stereocenters. The van der Waals surface area contributed by atoms with Crippen LogP contribution in [0.3, 0.4) is 0 Å². The lowest BCUT2D eigenvalue weighted by Gasteiger charge is -2.31. The van der Waals surface area contributed by atoms with Crippen molar-refractivity contribution in [3.05, 3.63) is 53.9 Å². The summed E-state index contributed by atoms with van der Waals surface area (Å²) in [4.78, 5) is 2.34. The second-order valence-electron chi connectivity index (χ2n) is 6.83. The second-order valence-corrected chi connectivity index (χ2v) is 6.83. The van der Waals surface area contributed by atoms with E-state index in [0.29, 0.717) is 13.1 Å². The zero-order valence-corrected chi connectivity index (χ0v) is 14.6. The molecule has 0 fully saturated rings. The van der Waals surface area contributed by atoms with Crippen LogP contribution in [0.4, 0.5) is 0 Å². The Morgan fingerprint density at radius 3 is 2.75 bits per heavy atom. The Morgan fingerprint density at radius 2 is 2.00 bits per heavy atom. The molecule has 2 N–H and O–H groups in total. The summed E-state index contributed by atoms with van der Waals surface area (Å²) < 4.78 is 1.95. The van der Waals surface area contributed by atoms with Gasteiger partial charge in [-0.1, -0.05) is 24.3 Å². The third-order valence-corrected chi connectivity index (χ3v) is 5.02. The zero-order chi connectivity index (χ0) is 16.9. The Morgan fingerprint density at radius 1 is 1.21 bits per heavy atom. The lowest BCUT2D eigenvalue weighted by atomic mass is 10.00. The minimum atomic E-state index is -0.359.